The van der Waals surface area contributed by atoms with E-state index < -0.39 is 0 Å². The van der Waals surface area contributed by atoms with Gasteiger partial charge in [-0.2, -0.15) is 0 Å². The van der Waals surface area contributed by atoms with Crippen LogP contribution in [0.3, 0.4) is 0 Å². The summed E-state index contributed by atoms with van der Waals surface area (Å²) in [5, 5.41) is 11.6. The first-order chi connectivity index (χ1) is 23.3. The van der Waals surface area contributed by atoms with E-state index >= 15 is 0 Å². The van der Waals surface area contributed by atoms with Gasteiger partial charge in [-0.3, -0.25) is 0 Å². The first-order valence-corrected chi connectivity index (χ1v) is 16.7. The third kappa shape index (κ3) is 7.45. The van der Waals surface area contributed by atoms with Crippen LogP contribution < -0.4 is 0 Å². The molecule has 4 aromatic carbocycles. The van der Waals surface area contributed by atoms with Gasteiger partial charge >= 0.3 is 0 Å². The first kappa shape index (κ1) is 35.6. The standard InChI is InChI=1S/C41H36N4O2.2U/c1-3-14-28(15-4-1)38-30-18-7-9-22-34(30)42-40-32(38)20-11-24-36(40)44-46-26-13-27-47-45-37-25-12-21-33-39(29-16-5-2-6-17-29)31-19-8-10-23-35(31)43-41(33)37;;/h1-10,14-19,22-23H,11-13,20-21,24-27H2;;/b44-36+,45-37+;;. The van der Waals surface area contributed by atoms with Crippen LogP contribution in [-0.2, 0) is 22.5 Å². The molecule has 0 saturated heterocycles. The quantitative estimate of drug-likeness (QED) is 0.113. The van der Waals surface area contributed by atoms with Crippen molar-refractivity contribution in [1.29, 1.82) is 0 Å². The molecule has 0 fully saturated rings. The predicted octanol–water partition coefficient (Wildman–Crippen LogP) is 9.32. The Morgan fingerprint density at radius 3 is 1.35 bits per heavy atom. The van der Waals surface area contributed by atoms with Gasteiger partial charge in [0.1, 0.15) is 24.6 Å². The van der Waals surface area contributed by atoms with Gasteiger partial charge in [0, 0.05) is 79.4 Å². The van der Waals surface area contributed by atoms with E-state index in [0.29, 0.717) is 19.6 Å². The molecule has 0 aliphatic heterocycles. The molecule has 2 aliphatic carbocycles. The Kier molecular flexibility index (Phi) is 12.1. The smallest absolute Gasteiger partial charge is 0.120 e. The Labute approximate surface area is 334 Å². The molecule has 0 radical (unpaired) electrons. The van der Waals surface area contributed by atoms with Gasteiger partial charge in [0.05, 0.1) is 22.4 Å². The zero-order valence-corrected chi connectivity index (χ0v) is 35.7. The maximum absolute atomic E-state index is 5.86. The summed E-state index contributed by atoms with van der Waals surface area (Å²) < 4.78 is 0. The molecule has 2 aliphatic rings. The number of benzene rings is 4. The molecule has 8 heteroatoms. The zero-order chi connectivity index (χ0) is 31.4. The van der Waals surface area contributed by atoms with Crippen LogP contribution >= 0.6 is 0 Å². The summed E-state index contributed by atoms with van der Waals surface area (Å²) in [4.78, 5) is 21.8. The number of oxime groups is 2. The van der Waals surface area contributed by atoms with Crippen LogP contribution in [0.1, 0.15) is 54.6 Å². The average Bonchev–Trinajstić information content (AvgIpc) is 3.13. The van der Waals surface area contributed by atoms with Crippen LogP contribution in [0.4, 0.5) is 0 Å². The number of aromatic nitrogens is 2. The third-order valence-electron chi connectivity index (χ3n) is 9.16. The molecule has 0 amide bonds. The largest absolute Gasteiger partial charge is 0.395 e. The molecule has 6 nitrogen and oxygen atoms in total. The SMILES string of the molecule is [U].[U].c1ccc(-c2c3c(nc4ccccc24)/C(=N/OCCCO/N=C2\CCCc4c2nc2ccccc2c4-c2ccccc2)CCC3)cc1. The number of hydrogen-bond donors (Lipinski definition) is 0. The van der Waals surface area contributed by atoms with Gasteiger partial charge in [0.2, 0.25) is 0 Å². The summed E-state index contributed by atoms with van der Waals surface area (Å²) in [6.07, 6.45) is 6.37. The number of fused-ring (bicyclic) bond motifs is 4. The van der Waals surface area contributed by atoms with Crippen molar-refractivity contribution in [2.45, 2.75) is 44.9 Å². The summed E-state index contributed by atoms with van der Waals surface area (Å²) >= 11 is 0. The van der Waals surface area contributed by atoms with Crippen LogP contribution in [0.2, 0.25) is 0 Å². The van der Waals surface area contributed by atoms with Crippen molar-refractivity contribution in [1.82, 2.24) is 9.97 Å². The molecule has 0 bridgehead atoms. The fraction of sp³-hybridized carbons (Fsp3) is 0.220. The Hall–Kier alpha value is -3.26. The Morgan fingerprint density at radius 2 is 0.898 bits per heavy atom. The van der Waals surface area contributed by atoms with E-state index in [2.05, 4.69) is 107 Å². The van der Waals surface area contributed by atoms with Crippen molar-refractivity contribution >= 4 is 33.2 Å². The Balaban J connectivity index is 0.00000208. The van der Waals surface area contributed by atoms with Crippen LogP contribution in [-0.4, -0.2) is 34.6 Å². The van der Waals surface area contributed by atoms with Crippen molar-refractivity contribution in [3.05, 3.63) is 132 Å². The van der Waals surface area contributed by atoms with E-state index in [0.717, 1.165) is 72.4 Å². The predicted molar refractivity (Wildman–Crippen MR) is 190 cm³/mol. The number of para-hydroxylation sites is 2. The van der Waals surface area contributed by atoms with E-state index in [1.807, 2.05) is 12.1 Å². The van der Waals surface area contributed by atoms with Gasteiger partial charge in [-0.15, -0.1) is 0 Å². The van der Waals surface area contributed by atoms with Crippen LogP contribution in [0, 0.1) is 62.2 Å². The third-order valence-corrected chi connectivity index (χ3v) is 9.16. The van der Waals surface area contributed by atoms with Crippen LogP contribution in [0.25, 0.3) is 44.1 Å². The molecule has 8 rings (SSSR count). The van der Waals surface area contributed by atoms with Gasteiger partial charge in [-0.1, -0.05) is 107 Å². The average molecular weight is 1090 g/mol. The number of hydrogen-bond acceptors (Lipinski definition) is 6. The fourth-order valence-electron chi connectivity index (χ4n) is 7.05. The van der Waals surface area contributed by atoms with Gasteiger partial charge < -0.3 is 9.68 Å². The first-order valence-electron chi connectivity index (χ1n) is 16.7. The van der Waals surface area contributed by atoms with Gasteiger partial charge in [-0.05, 0) is 84.0 Å². The molecule has 2 heterocycles. The minimum atomic E-state index is 0. The molecule has 0 atom stereocenters. The van der Waals surface area contributed by atoms with Gasteiger partial charge in [-0.25, -0.2) is 9.97 Å². The molecule has 49 heavy (non-hydrogen) atoms. The molecule has 0 spiro atoms. The van der Waals surface area contributed by atoms with Crippen LogP contribution in [0.5, 0.6) is 0 Å². The molecule has 2 aromatic heterocycles. The van der Waals surface area contributed by atoms with E-state index in [9.17, 15) is 0 Å². The van der Waals surface area contributed by atoms with Crippen molar-refractivity contribution in [2.75, 3.05) is 13.2 Å². The second-order valence-electron chi connectivity index (χ2n) is 12.2. The monoisotopic (exact) mass is 1090 g/mol. The van der Waals surface area contributed by atoms with E-state index in [1.165, 1.54) is 44.2 Å². The number of rotatable bonds is 8. The van der Waals surface area contributed by atoms with Crippen molar-refractivity contribution in [3.63, 3.8) is 0 Å². The Morgan fingerprint density at radius 1 is 0.490 bits per heavy atom. The molecular weight excluding hydrogens is 1060 g/mol. The van der Waals surface area contributed by atoms with E-state index in [-0.39, 0.29) is 62.2 Å². The zero-order valence-electron chi connectivity index (χ0n) is 27.4. The molecular formula is C41H36N4O2U2. The molecule has 240 valence electrons. The summed E-state index contributed by atoms with van der Waals surface area (Å²) in [7, 11) is 0. The fourth-order valence-corrected chi connectivity index (χ4v) is 7.05. The molecule has 0 N–H and O–H groups in total. The summed E-state index contributed by atoms with van der Waals surface area (Å²) in [5.41, 5.74) is 13.2. The van der Waals surface area contributed by atoms with E-state index in [1.54, 1.807) is 0 Å². The number of pyridine rings is 2. The Bertz CT molecular complexity index is 1980. The maximum atomic E-state index is 5.86. The minimum absolute atomic E-state index is 0. The molecule has 6 aromatic rings. The van der Waals surface area contributed by atoms with Crippen molar-refractivity contribution < 1.29 is 71.9 Å². The normalized spacial score (nSPS) is 15.3. The summed E-state index contributed by atoms with van der Waals surface area (Å²) in [6, 6.07) is 38.0. The second-order valence-corrected chi connectivity index (χ2v) is 12.2. The van der Waals surface area contributed by atoms with Gasteiger partial charge in [0.25, 0.3) is 0 Å². The van der Waals surface area contributed by atoms with Crippen molar-refractivity contribution in [3.8, 4) is 22.3 Å². The van der Waals surface area contributed by atoms with Gasteiger partial charge in [0.15, 0.2) is 0 Å². The summed E-state index contributed by atoms with van der Waals surface area (Å²) in [6.45, 7) is 0.890. The topological polar surface area (TPSA) is 69.0 Å². The molecule has 0 unspecified atom stereocenters. The van der Waals surface area contributed by atoms with Crippen molar-refractivity contribution in [2.24, 2.45) is 10.3 Å². The maximum Gasteiger partial charge on any atom is 0.120 e. The summed E-state index contributed by atoms with van der Waals surface area (Å²) in [5.74, 6) is 0. The minimum Gasteiger partial charge on any atom is -0.395 e. The molecule has 0 saturated carbocycles. The van der Waals surface area contributed by atoms with E-state index in [4.69, 9.17) is 19.6 Å². The number of nitrogens with zero attached hydrogens (tertiary/aromatic N) is 4. The second kappa shape index (κ2) is 16.6. The van der Waals surface area contributed by atoms with Crippen LogP contribution in [0.15, 0.2) is 120 Å².